The number of likely N-dealkylation sites (N-methyl/N-ethyl adjacent to an activating group) is 1. The number of aromatic nitrogens is 3. The van der Waals surface area contributed by atoms with Gasteiger partial charge in [-0.2, -0.15) is 0 Å². The van der Waals surface area contributed by atoms with Crippen molar-refractivity contribution in [3.8, 4) is 0 Å². The van der Waals surface area contributed by atoms with Gasteiger partial charge in [0.25, 0.3) is 0 Å². The average molecular weight is 261 g/mol. The van der Waals surface area contributed by atoms with Crippen molar-refractivity contribution in [2.75, 3.05) is 25.0 Å². The van der Waals surface area contributed by atoms with Crippen LogP contribution in [0.2, 0.25) is 0 Å². The van der Waals surface area contributed by atoms with E-state index < -0.39 is 0 Å². The number of H-pyrrole nitrogens is 1. The first-order valence-corrected chi connectivity index (χ1v) is 6.49. The summed E-state index contributed by atoms with van der Waals surface area (Å²) >= 11 is 0. The van der Waals surface area contributed by atoms with Gasteiger partial charge in [0.05, 0.1) is 5.39 Å². The molecule has 2 N–H and O–H groups in total. The van der Waals surface area contributed by atoms with Gasteiger partial charge in [-0.05, 0) is 24.9 Å². The highest BCUT2D eigenvalue weighted by Gasteiger charge is 2.26. The van der Waals surface area contributed by atoms with Crippen LogP contribution in [0.4, 0.5) is 5.82 Å². The molecule has 1 saturated heterocycles. The molecule has 0 radical (unpaired) electrons. The second-order valence-corrected chi connectivity index (χ2v) is 5.09. The lowest BCUT2D eigenvalue weighted by Crippen LogP contribution is -2.49. The molecule has 0 aliphatic carbocycles. The van der Waals surface area contributed by atoms with Gasteiger partial charge in [-0.25, -0.2) is 9.97 Å². The molecule has 0 spiro atoms. The number of fused-ring (bicyclic) bond motifs is 1. The first kappa shape index (κ1) is 13.8. The second kappa shape index (κ2) is 5.57. The maximum absolute atomic E-state index is 4.46. The number of anilines is 1. The fourth-order valence-corrected chi connectivity index (χ4v) is 2.79. The Bertz CT molecular complexity index is 535. The summed E-state index contributed by atoms with van der Waals surface area (Å²) < 4.78 is 0. The lowest BCUT2D eigenvalue weighted by Gasteiger charge is -2.37. The molecule has 0 aromatic carbocycles. The van der Waals surface area contributed by atoms with Gasteiger partial charge in [0.2, 0.25) is 0 Å². The van der Waals surface area contributed by atoms with Gasteiger partial charge in [-0.1, -0.05) is 14.4 Å². The fraction of sp³-hybridized carbons (Fsp3) is 0.571. The summed E-state index contributed by atoms with van der Waals surface area (Å²) in [5, 5.41) is 4.56. The summed E-state index contributed by atoms with van der Waals surface area (Å²) in [4.78, 5) is 14.1. The number of rotatable bonds is 2. The van der Waals surface area contributed by atoms with E-state index in [-0.39, 0.29) is 7.43 Å². The molecule has 5 heteroatoms. The fourth-order valence-electron chi connectivity index (χ4n) is 2.79. The van der Waals surface area contributed by atoms with Gasteiger partial charge in [0, 0.05) is 25.8 Å². The molecule has 19 heavy (non-hydrogen) atoms. The van der Waals surface area contributed by atoms with Crippen molar-refractivity contribution in [1.82, 2.24) is 20.3 Å². The third-order valence-electron chi connectivity index (χ3n) is 3.95. The van der Waals surface area contributed by atoms with Crippen LogP contribution in [0.3, 0.4) is 0 Å². The maximum atomic E-state index is 4.46. The Hall–Kier alpha value is -1.62. The van der Waals surface area contributed by atoms with E-state index in [2.05, 4.69) is 39.1 Å². The first-order valence-electron chi connectivity index (χ1n) is 6.49. The van der Waals surface area contributed by atoms with Crippen molar-refractivity contribution in [3.05, 3.63) is 18.6 Å². The van der Waals surface area contributed by atoms with E-state index in [1.54, 1.807) is 6.33 Å². The smallest absolute Gasteiger partial charge is 0.142 e. The molecule has 1 fully saturated rings. The molecule has 0 saturated carbocycles. The highest BCUT2D eigenvalue weighted by Crippen LogP contribution is 2.26. The van der Waals surface area contributed by atoms with Crippen molar-refractivity contribution in [3.63, 3.8) is 0 Å². The van der Waals surface area contributed by atoms with Gasteiger partial charge >= 0.3 is 0 Å². The summed E-state index contributed by atoms with van der Waals surface area (Å²) in [6.45, 7) is 4.46. The molecule has 5 nitrogen and oxygen atoms in total. The SMILES string of the molecule is C.C[C@@H]1CCNC[C@@H]1N(C)c1ncnc2[nH]ccc12. The van der Waals surface area contributed by atoms with Crippen LogP contribution < -0.4 is 10.2 Å². The van der Waals surface area contributed by atoms with E-state index in [1.807, 2.05) is 12.3 Å². The zero-order chi connectivity index (χ0) is 12.5. The third kappa shape index (κ3) is 2.42. The van der Waals surface area contributed by atoms with E-state index in [4.69, 9.17) is 0 Å². The molecular weight excluding hydrogens is 238 g/mol. The Morgan fingerprint density at radius 1 is 1.37 bits per heavy atom. The Labute approximate surface area is 114 Å². The van der Waals surface area contributed by atoms with Crippen LogP contribution >= 0.6 is 0 Å². The quantitative estimate of drug-likeness (QED) is 0.868. The average Bonchev–Trinajstić information content (AvgIpc) is 2.86. The van der Waals surface area contributed by atoms with E-state index >= 15 is 0 Å². The van der Waals surface area contributed by atoms with Crippen molar-refractivity contribution < 1.29 is 0 Å². The molecule has 3 rings (SSSR count). The van der Waals surface area contributed by atoms with Gasteiger partial charge in [0.1, 0.15) is 17.8 Å². The molecule has 1 aliphatic heterocycles. The number of hydrogen-bond donors (Lipinski definition) is 2. The molecular formula is C14H23N5. The maximum Gasteiger partial charge on any atom is 0.142 e. The Morgan fingerprint density at radius 2 is 2.21 bits per heavy atom. The highest BCUT2D eigenvalue weighted by atomic mass is 15.2. The largest absolute Gasteiger partial charge is 0.354 e. The molecule has 2 atom stereocenters. The minimum absolute atomic E-state index is 0. The molecule has 2 aromatic rings. The zero-order valence-electron chi connectivity index (χ0n) is 10.8. The first-order chi connectivity index (χ1) is 8.77. The van der Waals surface area contributed by atoms with Crippen LogP contribution in [-0.4, -0.2) is 41.1 Å². The summed E-state index contributed by atoms with van der Waals surface area (Å²) in [6, 6.07) is 2.54. The lowest BCUT2D eigenvalue weighted by atomic mass is 9.93. The number of piperidine rings is 1. The van der Waals surface area contributed by atoms with Gasteiger partial charge in [-0.15, -0.1) is 0 Å². The Balaban J connectivity index is 0.00000133. The number of hydrogen-bond acceptors (Lipinski definition) is 4. The minimum atomic E-state index is 0. The van der Waals surface area contributed by atoms with Gasteiger partial charge in [0.15, 0.2) is 0 Å². The van der Waals surface area contributed by atoms with Gasteiger partial charge in [-0.3, -0.25) is 0 Å². The van der Waals surface area contributed by atoms with E-state index in [0.29, 0.717) is 12.0 Å². The minimum Gasteiger partial charge on any atom is -0.354 e. The molecule has 104 valence electrons. The highest BCUT2D eigenvalue weighted by molar-refractivity contribution is 5.87. The standard InChI is InChI=1S/C13H19N5.CH4/c1-9-3-5-14-7-11(9)18(2)13-10-4-6-15-12(10)16-8-17-13;/h4,6,8-9,11,14H,3,5,7H2,1-2H3,(H,15,16,17);1H4/t9-,11+;/m1./s1. The summed E-state index contributed by atoms with van der Waals surface area (Å²) in [6.07, 6.45) is 4.77. The summed E-state index contributed by atoms with van der Waals surface area (Å²) in [5.74, 6) is 1.70. The van der Waals surface area contributed by atoms with E-state index in [1.165, 1.54) is 6.42 Å². The monoisotopic (exact) mass is 261 g/mol. The van der Waals surface area contributed by atoms with Crippen LogP contribution in [-0.2, 0) is 0 Å². The van der Waals surface area contributed by atoms with Crippen LogP contribution in [0.1, 0.15) is 20.8 Å². The molecule has 0 amide bonds. The zero-order valence-corrected chi connectivity index (χ0v) is 10.8. The number of aromatic amines is 1. The molecule has 3 heterocycles. The summed E-state index contributed by atoms with van der Waals surface area (Å²) in [7, 11) is 2.13. The molecule has 2 aromatic heterocycles. The lowest BCUT2D eigenvalue weighted by molar-refractivity contribution is 0.338. The second-order valence-electron chi connectivity index (χ2n) is 5.09. The van der Waals surface area contributed by atoms with Crippen LogP contribution in [0.15, 0.2) is 18.6 Å². The van der Waals surface area contributed by atoms with Crippen LogP contribution in [0.25, 0.3) is 11.0 Å². The molecule has 1 aliphatic rings. The number of nitrogens with one attached hydrogen (secondary N) is 2. The van der Waals surface area contributed by atoms with Crippen LogP contribution in [0.5, 0.6) is 0 Å². The van der Waals surface area contributed by atoms with Crippen LogP contribution in [0, 0.1) is 5.92 Å². The van der Waals surface area contributed by atoms with E-state index in [0.717, 1.165) is 29.9 Å². The Morgan fingerprint density at radius 3 is 3.00 bits per heavy atom. The molecule has 0 bridgehead atoms. The van der Waals surface area contributed by atoms with Crippen molar-refractivity contribution >= 4 is 16.9 Å². The third-order valence-corrected chi connectivity index (χ3v) is 3.95. The Kier molecular flexibility index (Phi) is 4.04. The van der Waals surface area contributed by atoms with Crippen molar-refractivity contribution in [2.45, 2.75) is 26.8 Å². The topological polar surface area (TPSA) is 56.8 Å². The molecule has 0 unspecified atom stereocenters. The predicted octanol–water partition coefficient (Wildman–Crippen LogP) is 2.03. The predicted molar refractivity (Wildman–Crippen MR) is 79.5 cm³/mol. The van der Waals surface area contributed by atoms with E-state index in [9.17, 15) is 0 Å². The van der Waals surface area contributed by atoms with Crippen molar-refractivity contribution in [1.29, 1.82) is 0 Å². The number of nitrogens with zero attached hydrogens (tertiary/aromatic N) is 3. The van der Waals surface area contributed by atoms with Gasteiger partial charge < -0.3 is 15.2 Å². The summed E-state index contributed by atoms with van der Waals surface area (Å²) in [5.41, 5.74) is 0.906. The van der Waals surface area contributed by atoms with Crippen molar-refractivity contribution in [2.24, 2.45) is 5.92 Å². The normalized spacial score (nSPS) is 23.1.